The number of hydrogen-bond acceptors (Lipinski definition) is 4. The second kappa shape index (κ2) is 5.91. The molecule has 0 bridgehead atoms. The molecule has 0 aliphatic heterocycles. The van der Waals surface area contributed by atoms with Crippen LogP contribution in [0.25, 0.3) is 0 Å². The molecule has 2 aromatic rings. The molecule has 0 fully saturated rings. The summed E-state index contributed by atoms with van der Waals surface area (Å²) in [5, 5.41) is 3.21. The lowest BCUT2D eigenvalue weighted by Crippen LogP contribution is -2.04. The van der Waals surface area contributed by atoms with E-state index in [9.17, 15) is 0 Å². The Morgan fingerprint density at radius 3 is 2.94 bits per heavy atom. The van der Waals surface area contributed by atoms with Crippen LogP contribution in [0.1, 0.15) is 12.5 Å². The van der Waals surface area contributed by atoms with Crippen LogP contribution in [0.3, 0.4) is 0 Å². The van der Waals surface area contributed by atoms with E-state index in [1.165, 1.54) is 0 Å². The number of benzene rings is 1. The first-order valence-corrected chi connectivity index (χ1v) is 5.95. The molecule has 0 aliphatic carbocycles. The zero-order valence-electron chi connectivity index (χ0n) is 10.4. The lowest BCUT2D eigenvalue weighted by Gasteiger charge is -2.09. The minimum Gasteiger partial charge on any atom is -0.494 e. The van der Waals surface area contributed by atoms with Gasteiger partial charge in [0.15, 0.2) is 0 Å². The van der Waals surface area contributed by atoms with Gasteiger partial charge in [-0.2, -0.15) is 0 Å². The van der Waals surface area contributed by atoms with Crippen molar-refractivity contribution in [3.8, 4) is 5.75 Å². The fraction of sp³-hybridized carbons (Fsp3) is 0.214. The smallest absolute Gasteiger partial charge is 0.149 e. The number of pyridine rings is 1. The van der Waals surface area contributed by atoms with Crippen molar-refractivity contribution >= 4 is 11.5 Å². The zero-order chi connectivity index (χ0) is 12.8. The second-order valence-corrected chi connectivity index (χ2v) is 3.88. The molecule has 0 amide bonds. The molecule has 1 aromatic carbocycles. The van der Waals surface area contributed by atoms with Crippen LogP contribution in [-0.4, -0.2) is 11.6 Å². The summed E-state index contributed by atoms with van der Waals surface area (Å²) in [6.45, 7) is 3.31. The highest BCUT2D eigenvalue weighted by Gasteiger charge is 2.00. The second-order valence-electron chi connectivity index (χ2n) is 3.88. The van der Waals surface area contributed by atoms with Crippen molar-refractivity contribution in [1.29, 1.82) is 0 Å². The Morgan fingerprint density at radius 1 is 1.28 bits per heavy atom. The molecular formula is C14H17N3O. The third kappa shape index (κ3) is 3.13. The van der Waals surface area contributed by atoms with Crippen molar-refractivity contribution in [3.05, 3.63) is 48.2 Å². The van der Waals surface area contributed by atoms with Crippen molar-refractivity contribution in [2.45, 2.75) is 13.5 Å². The summed E-state index contributed by atoms with van der Waals surface area (Å²) in [5.41, 5.74) is 7.59. The topological polar surface area (TPSA) is 60.2 Å². The van der Waals surface area contributed by atoms with E-state index >= 15 is 0 Å². The molecule has 2 rings (SSSR count). The van der Waals surface area contributed by atoms with Gasteiger partial charge in [0, 0.05) is 12.7 Å². The van der Waals surface area contributed by atoms with Crippen molar-refractivity contribution < 1.29 is 4.74 Å². The van der Waals surface area contributed by atoms with Crippen molar-refractivity contribution in [2.75, 3.05) is 17.7 Å². The Labute approximate surface area is 107 Å². The number of nitrogens with two attached hydrogens (primary N) is 1. The molecule has 0 atom stereocenters. The first-order chi connectivity index (χ1) is 8.79. The Bertz CT molecular complexity index is 514. The molecule has 4 heteroatoms. The van der Waals surface area contributed by atoms with Gasteiger partial charge in [-0.15, -0.1) is 0 Å². The SMILES string of the molecule is CCOc1cccc(CNc2ncccc2N)c1. The maximum Gasteiger partial charge on any atom is 0.149 e. The van der Waals surface area contributed by atoms with Crippen LogP contribution in [-0.2, 0) is 6.54 Å². The highest BCUT2D eigenvalue weighted by atomic mass is 16.5. The number of nitrogens with one attached hydrogen (secondary N) is 1. The number of nitrogen functional groups attached to an aromatic ring is 1. The monoisotopic (exact) mass is 243 g/mol. The fourth-order valence-corrected chi connectivity index (χ4v) is 1.66. The van der Waals surface area contributed by atoms with Crippen LogP contribution < -0.4 is 15.8 Å². The summed E-state index contributed by atoms with van der Waals surface area (Å²) in [7, 11) is 0. The maximum atomic E-state index is 5.81. The summed E-state index contributed by atoms with van der Waals surface area (Å²) in [4.78, 5) is 4.18. The van der Waals surface area contributed by atoms with E-state index in [0.29, 0.717) is 24.7 Å². The first kappa shape index (κ1) is 12.2. The molecule has 0 saturated carbocycles. The molecule has 1 aromatic heterocycles. The van der Waals surface area contributed by atoms with Crippen LogP contribution in [0.2, 0.25) is 0 Å². The average molecular weight is 243 g/mol. The van der Waals surface area contributed by atoms with Crippen LogP contribution in [0, 0.1) is 0 Å². The van der Waals surface area contributed by atoms with Gasteiger partial charge in [0.05, 0.1) is 12.3 Å². The van der Waals surface area contributed by atoms with Gasteiger partial charge in [0.25, 0.3) is 0 Å². The van der Waals surface area contributed by atoms with Crippen molar-refractivity contribution in [2.24, 2.45) is 0 Å². The van der Waals surface area contributed by atoms with Crippen LogP contribution in [0.5, 0.6) is 5.75 Å². The number of ether oxygens (including phenoxy) is 1. The summed E-state index contributed by atoms with van der Waals surface area (Å²) < 4.78 is 5.45. The number of hydrogen-bond donors (Lipinski definition) is 2. The molecule has 3 N–H and O–H groups in total. The molecule has 18 heavy (non-hydrogen) atoms. The Hall–Kier alpha value is -2.23. The molecule has 1 heterocycles. The van der Waals surface area contributed by atoms with E-state index in [0.717, 1.165) is 11.3 Å². The van der Waals surface area contributed by atoms with Gasteiger partial charge in [-0.1, -0.05) is 12.1 Å². The van der Waals surface area contributed by atoms with Gasteiger partial charge in [-0.25, -0.2) is 4.98 Å². The summed E-state index contributed by atoms with van der Waals surface area (Å²) in [6, 6.07) is 11.6. The van der Waals surface area contributed by atoms with Gasteiger partial charge in [-0.05, 0) is 36.8 Å². The number of aromatic nitrogens is 1. The van der Waals surface area contributed by atoms with E-state index in [4.69, 9.17) is 10.5 Å². The summed E-state index contributed by atoms with van der Waals surface area (Å²) >= 11 is 0. The highest BCUT2D eigenvalue weighted by molar-refractivity contribution is 5.60. The number of rotatable bonds is 5. The Morgan fingerprint density at radius 2 is 2.17 bits per heavy atom. The number of anilines is 2. The predicted molar refractivity (Wildman–Crippen MR) is 73.6 cm³/mol. The number of nitrogens with zero attached hydrogens (tertiary/aromatic N) is 1. The van der Waals surface area contributed by atoms with Gasteiger partial charge in [-0.3, -0.25) is 0 Å². The average Bonchev–Trinajstić information content (AvgIpc) is 2.39. The normalized spacial score (nSPS) is 10.1. The first-order valence-electron chi connectivity index (χ1n) is 5.95. The van der Waals surface area contributed by atoms with Crippen LogP contribution >= 0.6 is 0 Å². The highest BCUT2D eigenvalue weighted by Crippen LogP contribution is 2.17. The van der Waals surface area contributed by atoms with Crippen LogP contribution in [0.15, 0.2) is 42.6 Å². The van der Waals surface area contributed by atoms with E-state index in [2.05, 4.69) is 10.3 Å². The van der Waals surface area contributed by atoms with E-state index in [1.54, 1.807) is 6.20 Å². The molecule has 0 radical (unpaired) electrons. The molecule has 4 nitrogen and oxygen atoms in total. The third-order valence-electron chi connectivity index (χ3n) is 2.51. The molecular weight excluding hydrogens is 226 g/mol. The zero-order valence-corrected chi connectivity index (χ0v) is 10.4. The quantitative estimate of drug-likeness (QED) is 0.847. The lowest BCUT2D eigenvalue weighted by molar-refractivity contribution is 0.340. The van der Waals surface area contributed by atoms with Gasteiger partial charge in [0.2, 0.25) is 0 Å². The molecule has 0 saturated heterocycles. The Kier molecular flexibility index (Phi) is 4.02. The maximum absolute atomic E-state index is 5.81. The molecule has 0 aliphatic rings. The Balaban J connectivity index is 2.02. The van der Waals surface area contributed by atoms with Gasteiger partial charge >= 0.3 is 0 Å². The third-order valence-corrected chi connectivity index (χ3v) is 2.51. The minimum atomic E-state index is 0.651. The molecule has 0 unspecified atom stereocenters. The van der Waals surface area contributed by atoms with E-state index < -0.39 is 0 Å². The standard InChI is InChI=1S/C14H17N3O/c1-2-18-12-6-3-5-11(9-12)10-17-14-13(15)7-4-8-16-14/h3-9H,2,10,15H2,1H3,(H,16,17). The van der Waals surface area contributed by atoms with Gasteiger partial charge in [0.1, 0.15) is 11.6 Å². The van der Waals surface area contributed by atoms with Gasteiger partial charge < -0.3 is 15.8 Å². The van der Waals surface area contributed by atoms with Crippen molar-refractivity contribution in [1.82, 2.24) is 4.98 Å². The summed E-state index contributed by atoms with van der Waals surface area (Å²) in [6.07, 6.45) is 1.72. The fourth-order valence-electron chi connectivity index (χ4n) is 1.66. The summed E-state index contributed by atoms with van der Waals surface area (Å²) in [5.74, 6) is 1.59. The minimum absolute atomic E-state index is 0.651. The van der Waals surface area contributed by atoms with Crippen LogP contribution in [0.4, 0.5) is 11.5 Å². The lowest BCUT2D eigenvalue weighted by atomic mass is 10.2. The van der Waals surface area contributed by atoms with E-state index in [1.807, 2.05) is 43.3 Å². The predicted octanol–water partition coefficient (Wildman–Crippen LogP) is 2.67. The van der Waals surface area contributed by atoms with Crippen molar-refractivity contribution in [3.63, 3.8) is 0 Å². The molecule has 0 spiro atoms. The van der Waals surface area contributed by atoms with E-state index in [-0.39, 0.29) is 0 Å². The molecule has 94 valence electrons. The largest absolute Gasteiger partial charge is 0.494 e.